The summed E-state index contributed by atoms with van der Waals surface area (Å²) in [6.45, 7) is 0. The number of benzene rings is 3. The number of halogens is 1. The Labute approximate surface area is 177 Å². The summed E-state index contributed by atoms with van der Waals surface area (Å²) in [5, 5.41) is 7.72. The monoisotopic (exact) mass is 422 g/mol. The fourth-order valence-corrected chi connectivity index (χ4v) is 4.79. The standard InChI is InChI=1S/C23H19FN2OS2/c24-19-10-8-16(9-11-19)13-28-14-20-15-29-23(25-20)26-22(27)12-18-6-3-5-17-4-1-2-7-21(17)18/h1-11,15H,12-14H2,(H,25,26,27). The van der Waals surface area contributed by atoms with Crippen LogP contribution >= 0.6 is 23.1 Å². The summed E-state index contributed by atoms with van der Waals surface area (Å²) < 4.78 is 12.9. The first-order chi connectivity index (χ1) is 14.2. The molecule has 0 fully saturated rings. The van der Waals surface area contributed by atoms with Crippen LogP contribution in [0.25, 0.3) is 10.8 Å². The van der Waals surface area contributed by atoms with Crippen LogP contribution in [0.15, 0.2) is 72.1 Å². The molecule has 146 valence electrons. The van der Waals surface area contributed by atoms with Gasteiger partial charge in [-0.2, -0.15) is 11.8 Å². The molecule has 4 rings (SSSR count). The van der Waals surface area contributed by atoms with E-state index >= 15 is 0 Å². The first kappa shape index (κ1) is 19.6. The fraction of sp³-hybridized carbons (Fsp3) is 0.130. The number of thioether (sulfide) groups is 1. The number of nitrogens with one attached hydrogen (secondary N) is 1. The van der Waals surface area contributed by atoms with Crippen molar-refractivity contribution in [1.82, 2.24) is 4.98 Å². The minimum atomic E-state index is -0.220. The first-order valence-electron chi connectivity index (χ1n) is 9.20. The van der Waals surface area contributed by atoms with Crippen LogP contribution in [0, 0.1) is 5.82 Å². The molecule has 0 aliphatic heterocycles. The molecule has 0 saturated heterocycles. The second-order valence-corrected chi connectivity index (χ2v) is 8.47. The lowest BCUT2D eigenvalue weighted by Crippen LogP contribution is -2.14. The summed E-state index contributed by atoms with van der Waals surface area (Å²) >= 11 is 3.14. The van der Waals surface area contributed by atoms with Crippen molar-refractivity contribution < 1.29 is 9.18 Å². The Kier molecular flexibility index (Phi) is 6.22. The normalized spacial score (nSPS) is 10.9. The van der Waals surface area contributed by atoms with Gasteiger partial charge in [0.1, 0.15) is 5.82 Å². The molecule has 1 heterocycles. The number of rotatable bonds is 7. The Morgan fingerprint density at radius 2 is 1.79 bits per heavy atom. The van der Waals surface area contributed by atoms with E-state index in [1.165, 1.54) is 23.5 Å². The van der Waals surface area contributed by atoms with E-state index in [1.807, 2.05) is 47.8 Å². The zero-order chi connectivity index (χ0) is 20.1. The zero-order valence-electron chi connectivity index (χ0n) is 15.6. The Bertz CT molecular complexity index is 1120. The van der Waals surface area contributed by atoms with Gasteiger partial charge in [-0.15, -0.1) is 11.3 Å². The molecule has 0 unspecified atom stereocenters. The highest BCUT2D eigenvalue weighted by Crippen LogP contribution is 2.23. The number of hydrogen-bond acceptors (Lipinski definition) is 4. The van der Waals surface area contributed by atoms with E-state index in [0.717, 1.165) is 39.1 Å². The summed E-state index contributed by atoms with van der Waals surface area (Å²) in [7, 11) is 0. The van der Waals surface area contributed by atoms with Gasteiger partial charge in [0.2, 0.25) is 5.91 Å². The molecule has 1 N–H and O–H groups in total. The molecule has 0 aliphatic rings. The van der Waals surface area contributed by atoms with Crippen molar-refractivity contribution in [2.45, 2.75) is 17.9 Å². The molecular formula is C23H19FN2OS2. The predicted molar refractivity (Wildman–Crippen MR) is 120 cm³/mol. The van der Waals surface area contributed by atoms with Crippen molar-refractivity contribution in [2.75, 3.05) is 5.32 Å². The molecule has 4 aromatic rings. The predicted octanol–water partition coefficient (Wildman–Crippen LogP) is 6.05. The number of carbonyl (C=O) groups excluding carboxylic acids is 1. The molecule has 3 nitrogen and oxygen atoms in total. The van der Waals surface area contributed by atoms with E-state index in [1.54, 1.807) is 23.9 Å². The lowest BCUT2D eigenvalue weighted by atomic mass is 10.0. The van der Waals surface area contributed by atoms with E-state index in [4.69, 9.17) is 0 Å². The first-order valence-corrected chi connectivity index (χ1v) is 11.2. The highest BCUT2D eigenvalue weighted by Gasteiger charge is 2.10. The van der Waals surface area contributed by atoms with Gasteiger partial charge in [0.05, 0.1) is 12.1 Å². The van der Waals surface area contributed by atoms with Gasteiger partial charge in [-0.25, -0.2) is 9.37 Å². The number of aromatic nitrogens is 1. The smallest absolute Gasteiger partial charge is 0.230 e. The molecule has 29 heavy (non-hydrogen) atoms. The van der Waals surface area contributed by atoms with Crippen molar-refractivity contribution in [2.24, 2.45) is 0 Å². The van der Waals surface area contributed by atoms with Gasteiger partial charge in [0.25, 0.3) is 0 Å². The van der Waals surface area contributed by atoms with Crippen molar-refractivity contribution >= 4 is 44.9 Å². The van der Waals surface area contributed by atoms with Crippen molar-refractivity contribution in [3.8, 4) is 0 Å². The summed E-state index contributed by atoms with van der Waals surface area (Å²) in [5.41, 5.74) is 3.02. The Hall–Kier alpha value is -2.70. The maximum absolute atomic E-state index is 12.9. The molecular weight excluding hydrogens is 403 g/mol. The lowest BCUT2D eigenvalue weighted by molar-refractivity contribution is -0.115. The number of carbonyl (C=O) groups is 1. The molecule has 1 amide bonds. The molecule has 0 spiro atoms. The minimum absolute atomic E-state index is 0.0683. The molecule has 0 saturated carbocycles. The Morgan fingerprint density at radius 3 is 2.66 bits per heavy atom. The Morgan fingerprint density at radius 1 is 1.00 bits per heavy atom. The third-order valence-electron chi connectivity index (χ3n) is 4.46. The average Bonchev–Trinajstić information content (AvgIpc) is 3.17. The van der Waals surface area contributed by atoms with E-state index in [9.17, 15) is 9.18 Å². The summed E-state index contributed by atoms with van der Waals surface area (Å²) in [4.78, 5) is 17.0. The topological polar surface area (TPSA) is 42.0 Å². The van der Waals surface area contributed by atoms with Crippen molar-refractivity contribution in [1.29, 1.82) is 0 Å². The number of nitrogens with zero attached hydrogens (tertiary/aromatic N) is 1. The van der Waals surface area contributed by atoms with Crippen LogP contribution < -0.4 is 5.32 Å². The van der Waals surface area contributed by atoms with Gasteiger partial charge in [-0.1, -0.05) is 54.6 Å². The third kappa shape index (κ3) is 5.22. The van der Waals surface area contributed by atoms with E-state index in [-0.39, 0.29) is 11.7 Å². The summed E-state index contributed by atoms with van der Waals surface area (Å²) in [6.07, 6.45) is 0.315. The largest absolute Gasteiger partial charge is 0.302 e. The van der Waals surface area contributed by atoms with Crippen LogP contribution in [0.5, 0.6) is 0 Å². The maximum atomic E-state index is 12.9. The van der Waals surface area contributed by atoms with Gasteiger partial charge in [-0.3, -0.25) is 4.79 Å². The molecule has 0 bridgehead atoms. The highest BCUT2D eigenvalue weighted by atomic mass is 32.2. The highest BCUT2D eigenvalue weighted by molar-refractivity contribution is 7.97. The van der Waals surface area contributed by atoms with Gasteiger partial charge in [-0.05, 0) is 34.0 Å². The van der Waals surface area contributed by atoms with Crippen LogP contribution in [0.2, 0.25) is 0 Å². The van der Waals surface area contributed by atoms with E-state index < -0.39 is 0 Å². The van der Waals surface area contributed by atoms with Crippen LogP contribution in [-0.4, -0.2) is 10.9 Å². The number of anilines is 1. The zero-order valence-corrected chi connectivity index (χ0v) is 17.2. The van der Waals surface area contributed by atoms with Crippen molar-refractivity contribution in [3.05, 3.63) is 94.7 Å². The molecule has 0 radical (unpaired) electrons. The summed E-state index contributed by atoms with van der Waals surface area (Å²) in [5.74, 6) is 1.25. The van der Waals surface area contributed by atoms with Gasteiger partial charge in [0, 0.05) is 16.9 Å². The van der Waals surface area contributed by atoms with Gasteiger partial charge >= 0.3 is 0 Å². The maximum Gasteiger partial charge on any atom is 0.230 e. The summed E-state index contributed by atoms with van der Waals surface area (Å²) in [6, 6.07) is 20.6. The van der Waals surface area contributed by atoms with Crippen molar-refractivity contribution in [3.63, 3.8) is 0 Å². The number of thiazole rings is 1. The second kappa shape index (κ2) is 9.20. The number of amides is 1. The molecule has 6 heteroatoms. The SMILES string of the molecule is O=C(Cc1cccc2ccccc12)Nc1nc(CSCc2ccc(F)cc2)cs1. The molecule has 0 atom stereocenters. The molecule has 0 aliphatic carbocycles. The van der Waals surface area contributed by atoms with E-state index in [2.05, 4.69) is 10.3 Å². The third-order valence-corrected chi connectivity index (χ3v) is 6.30. The van der Waals surface area contributed by atoms with E-state index in [0.29, 0.717) is 11.6 Å². The second-order valence-electron chi connectivity index (χ2n) is 6.63. The van der Waals surface area contributed by atoms with Crippen LogP contribution in [-0.2, 0) is 22.7 Å². The lowest BCUT2D eigenvalue weighted by Gasteiger charge is -2.06. The minimum Gasteiger partial charge on any atom is -0.302 e. The quantitative estimate of drug-likeness (QED) is 0.394. The molecule has 1 aromatic heterocycles. The number of fused-ring (bicyclic) bond motifs is 1. The van der Waals surface area contributed by atoms with Crippen LogP contribution in [0.3, 0.4) is 0 Å². The van der Waals surface area contributed by atoms with Crippen LogP contribution in [0.1, 0.15) is 16.8 Å². The Balaban J connectivity index is 1.31. The fourth-order valence-electron chi connectivity index (χ4n) is 3.07. The molecule has 3 aromatic carbocycles. The average molecular weight is 423 g/mol. The van der Waals surface area contributed by atoms with Crippen LogP contribution in [0.4, 0.5) is 9.52 Å². The van der Waals surface area contributed by atoms with Gasteiger partial charge < -0.3 is 5.32 Å². The number of hydrogen-bond donors (Lipinski definition) is 1. The van der Waals surface area contributed by atoms with Gasteiger partial charge in [0.15, 0.2) is 5.13 Å².